The first-order chi connectivity index (χ1) is 13.2. The molecule has 2 aromatic rings. The van der Waals surface area contributed by atoms with Crippen molar-refractivity contribution in [3.8, 4) is 5.75 Å². The summed E-state index contributed by atoms with van der Waals surface area (Å²) in [6.45, 7) is 8.18. The summed E-state index contributed by atoms with van der Waals surface area (Å²) in [5.41, 5.74) is 2.68. The number of nitrogens with one attached hydrogen (secondary N) is 2. The molecule has 0 bridgehead atoms. The van der Waals surface area contributed by atoms with Crippen LogP contribution < -0.4 is 15.4 Å². The molecule has 1 atom stereocenters. The Kier molecular flexibility index (Phi) is 5.73. The summed E-state index contributed by atoms with van der Waals surface area (Å²) in [5.74, 6) is 0.662. The van der Waals surface area contributed by atoms with Crippen LogP contribution in [0.2, 0.25) is 0 Å². The van der Waals surface area contributed by atoms with Gasteiger partial charge >= 0.3 is 0 Å². The van der Waals surface area contributed by atoms with Gasteiger partial charge < -0.3 is 15.4 Å². The van der Waals surface area contributed by atoms with E-state index in [2.05, 4.69) is 31.4 Å². The minimum Gasteiger partial charge on any atom is -0.481 e. The number of hydrogen-bond donors (Lipinski definition) is 2. The van der Waals surface area contributed by atoms with Crippen molar-refractivity contribution >= 4 is 23.2 Å². The molecule has 3 rings (SSSR count). The largest absolute Gasteiger partial charge is 0.481 e. The molecular weight excluding hydrogens is 352 g/mol. The number of carbonyl (C=O) groups is 2. The number of carbonyl (C=O) groups excluding carboxylic acids is 2. The average molecular weight is 380 g/mol. The second kappa shape index (κ2) is 8.05. The Hall–Kier alpha value is -2.82. The van der Waals surface area contributed by atoms with Crippen molar-refractivity contribution in [2.75, 3.05) is 10.6 Å². The van der Waals surface area contributed by atoms with Crippen molar-refractivity contribution in [3.05, 3.63) is 54.1 Å². The average Bonchev–Trinajstić information content (AvgIpc) is 3.48. The highest BCUT2D eigenvalue weighted by molar-refractivity contribution is 5.96. The monoisotopic (exact) mass is 380 g/mol. The number of rotatable bonds is 6. The van der Waals surface area contributed by atoms with E-state index in [0.29, 0.717) is 11.4 Å². The van der Waals surface area contributed by atoms with Gasteiger partial charge in [0, 0.05) is 17.3 Å². The maximum Gasteiger partial charge on any atom is 0.265 e. The fraction of sp³-hybridized carbons (Fsp3) is 0.391. The van der Waals surface area contributed by atoms with Crippen LogP contribution in [-0.4, -0.2) is 17.9 Å². The van der Waals surface area contributed by atoms with Gasteiger partial charge in [-0.15, -0.1) is 0 Å². The lowest BCUT2D eigenvalue weighted by atomic mass is 9.87. The molecule has 0 heterocycles. The first-order valence-electron chi connectivity index (χ1n) is 9.71. The van der Waals surface area contributed by atoms with Crippen LogP contribution >= 0.6 is 0 Å². The molecule has 1 aliphatic carbocycles. The number of benzene rings is 2. The van der Waals surface area contributed by atoms with E-state index in [0.717, 1.165) is 18.5 Å². The minimum absolute atomic E-state index is 0.0660. The van der Waals surface area contributed by atoms with Crippen LogP contribution in [0.4, 0.5) is 11.4 Å². The number of anilines is 2. The van der Waals surface area contributed by atoms with E-state index in [1.807, 2.05) is 24.3 Å². The van der Waals surface area contributed by atoms with Crippen LogP contribution in [0.3, 0.4) is 0 Å². The van der Waals surface area contributed by atoms with Gasteiger partial charge in [-0.1, -0.05) is 32.9 Å². The van der Waals surface area contributed by atoms with E-state index in [4.69, 9.17) is 4.74 Å². The Morgan fingerprint density at radius 1 is 0.929 bits per heavy atom. The molecule has 2 amide bonds. The van der Waals surface area contributed by atoms with Gasteiger partial charge in [0.15, 0.2) is 6.10 Å². The van der Waals surface area contributed by atoms with E-state index >= 15 is 0 Å². The topological polar surface area (TPSA) is 67.4 Å². The zero-order valence-electron chi connectivity index (χ0n) is 16.9. The van der Waals surface area contributed by atoms with Gasteiger partial charge in [-0.05, 0) is 67.1 Å². The Balaban J connectivity index is 1.52. The van der Waals surface area contributed by atoms with Crippen molar-refractivity contribution in [2.24, 2.45) is 5.92 Å². The van der Waals surface area contributed by atoms with E-state index < -0.39 is 6.10 Å². The second-order valence-electron chi connectivity index (χ2n) is 8.36. The van der Waals surface area contributed by atoms with Crippen LogP contribution in [0.15, 0.2) is 48.5 Å². The third-order valence-electron chi connectivity index (χ3n) is 4.77. The molecule has 0 saturated heterocycles. The summed E-state index contributed by atoms with van der Waals surface area (Å²) in [4.78, 5) is 24.2. The second-order valence-corrected chi connectivity index (χ2v) is 8.36. The van der Waals surface area contributed by atoms with Crippen LogP contribution in [-0.2, 0) is 15.0 Å². The van der Waals surface area contributed by atoms with Crippen molar-refractivity contribution < 1.29 is 14.3 Å². The zero-order valence-corrected chi connectivity index (χ0v) is 16.9. The van der Waals surface area contributed by atoms with Gasteiger partial charge in [0.2, 0.25) is 5.91 Å². The molecule has 1 unspecified atom stereocenters. The predicted octanol–water partition coefficient (Wildman–Crippen LogP) is 4.74. The normalized spacial score (nSPS) is 14.9. The molecule has 28 heavy (non-hydrogen) atoms. The molecule has 1 saturated carbocycles. The zero-order chi connectivity index (χ0) is 20.3. The highest BCUT2D eigenvalue weighted by Crippen LogP contribution is 2.30. The quantitative estimate of drug-likeness (QED) is 0.761. The van der Waals surface area contributed by atoms with Gasteiger partial charge in [-0.3, -0.25) is 9.59 Å². The molecule has 0 aliphatic heterocycles. The van der Waals surface area contributed by atoms with E-state index in [1.165, 1.54) is 5.56 Å². The lowest BCUT2D eigenvalue weighted by Crippen LogP contribution is -2.30. The van der Waals surface area contributed by atoms with Crippen molar-refractivity contribution in [1.82, 2.24) is 0 Å². The van der Waals surface area contributed by atoms with Crippen molar-refractivity contribution in [1.29, 1.82) is 0 Å². The number of hydrogen-bond acceptors (Lipinski definition) is 3. The van der Waals surface area contributed by atoms with E-state index in [9.17, 15) is 9.59 Å². The first kappa shape index (κ1) is 19.9. The summed E-state index contributed by atoms with van der Waals surface area (Å²) >= 11 is 0. The lowest BCUT2D eigenvalue weighted by molar-refractivity contribution is -0.122. The molecule has 0 spiro atoms. The van der Waals surface area contributed by atoms with Crippen LogP contribution in [0.1, 0.15) is 46.1 Å². The van der Waals surface area contributed by atoms with Crippen LogP contribution in [0, 0.1) is 5.92 Å². The van der Waals surface area contributed by atoms with Crippen LogP contribution in [0.25, 0.3) is 0 Å². The fourth-order valence-electron chi connectivity index (χ4n) is 2.76. The Morgan fingerprint density at radius 3 is 1.96 bits per heavy atom. The van der Waals surface area contributed by atoms with Gasteiger partial charge in [-0.25, -0.2) is 0 Å². The summed E-state index contributed by atoms with van der Waals surface area (Å²) < 4.78 is 5.76. The molecule has 148 valence electrons. The smallest absolute Gasteiger partial charge is 0.265 e. The number of ether oxygens (including phenoxy) is 1. The molecule has 5 heteroatoms. The molecular formula is C23H28N2O3. The fourth-order valence-corrected chi connectivity index (χ4v) is 2.76. The summed E-state index contributed by atoms with van der Waals surface area (Å²) in [6.07, 6.45) is 1.31. The minimum atomic E-state index is -0.630. The van der Waals surface area contributed by atoms with E-state index in [1.54, 1.807) is 31.2 Å². The van der Waals surface area contributed by atoms with Gasteiger partial charge in [0.25, 0.3) is 5.91 Å². The molecule has 0 aromatic heterocycles. The summed E-state index contributed by atoms with van der Waals surface area (Å²) in [5, 5.41) is 5.72. The first-order valence-corrected chi connectivity index (χ1v) is 9.71. The lowest BCUT2D eigenvalue weighted by Gasteiger charge is -2.20. The highest BCUT2D eigenvalue weighted by Gasteiger charge is 2.29. The number of amides is 2. The van der Waals surface area contributed by atoms with Gasteiger partial charge in [-0.2, -0.15) is 0 Å². The predicted molar refractivity (Wildman–Crippen MR) is 112 cm³/mol. The highest BCUT2D eigenvalue weighted by atomic mass is 16.5. The Bertz CT molecular complexity index is 832. The van der Waals surface area contributed by atoms with Crippen molar-refractivity contribution in [3.63, 3.8) is 0 Å². The molecule has 0 radical (unpaired) electrons. The van der Waals surface area contributed by atoms with E-state index in [-0.39, 0.29) is 23.1 Å². The summed E-state index contributed by atoms with van der Waals surface area (Å²) in [6, 6.07) is 14.9. The van der Waals surface area contributed by atoms with Gasteiger partial charge in [0.05, 0.1) is 0 Å². The molecule has 1 aliphatic rings. The maximum absolute atomic E-state index is 12.4. The third-order valence-corrected chi connectivity index (χ3v) is 4.77. The SMILES string of the molecule is CC(Oc1ccc(C(C)(C)C)cc1)C(=O)Nc1ccc(NC(=O)C2CC2)cc1. The molecule has 5 nitrogen and oxygen atoms in total. The molecule has 2 N–H and O–H groups in total. The van der Waals surface area contributed by atoms with Gasteiger partial charge in [0.1, 0.15) is 5.75 Å². The van der Waals surface area contributed by atoms with Crippen molar-refractivity contribution in [2.45, 2.75) is 52.1 Å². The molecule has 1 fully saturated rings. The molecule has 2 aromatic carbocycles. The standard InChI is InChI=1S/C23H28N2O3/c1-15(28-20-13-7-17(8-14-20)23(2,3)4)21(26)24-18-9-11-19(12-10-18)25-22(27)16-5-6-16/h7-16H,5-6H2,1-4H3,(H,24,26)(H,25,27). The maximum atomic E-state index is 12.4. The Morgan fingerprint density at radius 2 is 1.46 bits per heavy atom. The van der Waals surface area contributed by atoms with Crippen LogP contribution in [0.5, 0.6) is 5.75 Å². The summed E-state index contributed by atoms with van der Waals surface area (Å²) in [7, 11) is 0. The third kappa shape index (κ3) is 5.35. The Labute approximate surface area is 166 Å².